The third kappa shape index (κ3) is 3.41. The monoisotopic (exact) mass is 235 g/mol. The Morgan fingerprint density at radius 3 is 2.41 bits per heavy atom. The Balaban J connectivity index is 2.67. The van der Waals surface area contributed by atoms with Crippen LogP contribution in [0.25, 0.3) is 0 Å². The van der Waals surface area contributed by atoms with Gasteiger partial charge in [-0.25, -0.2) is 4.79 Å². The van der Waals surface area contributed by atoms with Gasteiger partial charge in [0.15, 0.2) is 11.8 Å². The third-order valence-electron chi connectivity index (χ3n) is 2.29. The molecule has 0 radical (unpaired) electrons. The topological polar surface area (TPSA) is 83.5 Å². The summed E-state index contributed by atoms with van der Waals surface area (Å²) in [6.45, 7) is 1.14. The van der Waals surface area contributed by atoms with E-state index < -0.39 is 17.4 Å². The lowest BCUT2D eigenvalue weighted by Crippen LogP contribution is -2.53. The molecule has 1 amide bonds. The van der Waals surface area contributed by atoms with Crippen LogP contribution in [-0.2, 0) is 20.8 Å². The van der Waals surface area contributed by atoms with Crippen LogP contribution in [0.15, 0.2) is 30.3 Å². The Kier molecular flexibility index (Phi) is 3.98. The summed E-state index contributed by atoms with van der Waals surface area (Å²) in [5.41, 5.74) is -1.12. The van der Waals surface area contributed by atoms with Crippen LogP contribution in [0.1, 0.15) is 12.5 Å². The second-order valence-electron chi connectivity index (χ2n) is 3.84. The summed E-state index contributed by atoms with van der Waals surface area (Å²) in [5.74, 6) is -1.89. The highest BCUT2D eigenvalue weighted by molar-refractivity contribution is 6.00. The van der Waals surface area contributed by atoms with Gasteiger partial charge in [0.25, 0.3) is 0 Å². The van der Waals surface area contributed by atoms with E-state index in [1.165, 1.54) is 0 Å². The van der Waals surface area contributed by atoms with E-state index in [1.807, 2.05) is 6.07 Å². The fourth-order valence-corrected chi connectivity index (χ4v) is 1.25. The number of carboxylic acids is 1. The van der Waals surface area contributed by atoms with Crippen LogP contribution in [0.5, 0.6) is 0 Å². The third-order valence-corrected chi connectivity index (χ3v) is 2.29. The molecule has 0 aliphatic carbocycles. The maximum atomic E-state index is 11.6. The van der Waals surface area contributed by atoms with Crippen LogP contribution < -0.4 is 5.32 Å². The minimum absolute atomic E-state index is 0.0392. The van der Waals surface area contributed by atoms with Crippen molar-refractivity contribution in [3.8, 4) is 0 Å². The Hall–Kier alpha value is -2.17. The first-order valence-electron chi connectivity index (χ1n) is 5.02. The van der Waals surface area contributed by atoms with E-state index in [0.29, 0.717) is 0 Å². The van der Waals surface area contributed by atoms with Gasteiger partial charge in [0.2, 0.25) is 5.91 Å². The summed E-state index contributed by atoms with van der Waals surface area (Å²) in [4.78, 5) is 33.0. The largest absolute Gasteiger partial charge is 0.479 e. The number of aldehydes is 1. The highest BCUT2D eigenvalue weighted by atomic mass is 16.4. The molecule has 0 aliphatic heterocycles. The van der Waals surface area contributed by atoms with Crippen molar-refractivity contribution >= 4 is 18.2 Å². The summed E-state index contributed by atoms with van der Waals surface area (Å²) in [7, 11) is 0. The van der Waals surface area contributed by atoms with Crippen LogP contribution in [0, 0.1) is 0 Å². The normalized spacial score (nSPS) is 13.5. The highest BCUT2D eigenvalue weighted by Crippen LogP contribution is 2.03. The van der Waals surface area contributed by atoms with Gasteiger partial charge in [-0.1, -0.05) is 30.3 Å². The fourth-order valence-electron chi connectivity index (χ4n) is 1.25. The summed E-state index contributed by atoms with van der Waals surface area (Å²) in [6, 6.07) is 8.86. The van der Waals surface area contributed by atoms with Crippen molar-refractivity contribution in [3.63, 3.8) is 0 Å². The summed E-state index contributed by atoms with van der Waals surface area (Å²) in [5, 5.41) is 11.0. The van der Waals surface area contributed by atoms with Crippen LogP contribution in [-0.4, -0.2) is 28.8 Å². The van der Waals surface area contributed by atoms with Gasteiger partial charge >= 0.3 is 5.97 Å². The molecule has 0 bridgehead atoms. The number of aliphatic carboxylic acids is 1. The van der Waals surface area contributed by atoms with E-state index in [9.17, 15) is 14.4 Å². The Morgan fingerprint density at radius 1 is 1.35 bits per heavy atom. The first-order chi connectivity index (χ1) is 7.98. The molecule has 1 unspecified atom stereocenters. The number of carbonyl (C=O) groups excluding carboxylic acids is 2. The summed E-state index contributed by atoms with van der Waals surface area (Å²) in [6.07, 6.45) is 0.246. The van der Waals surface area contributed by atoms with Gasteiger partial charge in [-0.2, -0.15) is 0 Å². The minimum atomic E-state index is -1.87. The second kappa shape index (κ2) is 5.25. The van der Waals surface area contributed by atoms with Crippen LogP contribution in [0.3, 0.4) is 0 Å². The molecule has 0 saturated carbocycles. The van der Waals surface area contributed by atoms with E-state index in [1.54, 1.807) is 24.3 Å². The van der Waals surface area contributed by atoms with Gasteiger partial charge in [0.05, 0.1) is 6.42 Å². The highest BCUT2D eigenvalue weighted by Gasteiger charge is 2.34. The number of hydrogen-bond donors (Lipinski definition) is 2. The van der Waals surface area contributed by atoms with Gasteiger partial charge in [0.1, 0.15) is 0 Å². The Morgan fingerprint density at radius 2 is 1.94 bits per heavy atom. The van der Waals surface area contributed by atoms with E-state index in [2.05, 4.69) is 5.32 Å². The predicted molar refractivity (Wildman–Crippen MR) is 60.4 cm³/mol. The van der Waals surface area contributed by atoms with Gasteiger partial charge < -0.3 is 15.2 Å². The van der Waals surface area contributed by atoms with Crippen molar-refractivity contribution in [1.82, 2.24) is 5.32 Å². The molecule has 1 aromatic carbocycles. The van der Waals surface area contributed by atoms with E-state index in [0.717, 1.165) is 12.5 Å². The number of rotatable bonds is 5. The average molecular weight is 235 g/mol. The first-order valence-corrected chi connectivity index (χ1v) is 5.02. The van der Waals surface area contributed by atoms with Crippen LogP contribution in [0.2, 0.25) is 0 Å². The van der Waals surface area contributed by atoms with Crippen molar-refractivity contribution in [2.75, 3.05) is 0 Å². The Labute approximate surface area is 98.4 Å². The smallest absolute Gasteiger partial charge is 0.336 e. The predicted octanol–water partition coefficient (Wildman–Crippen LogP) is 0.387. The molecule has 1 atom stereocenters. The molecule has 0 saturated heterocycles. The first kappa shape index (κ1) is 12.9. The molecule has 0 aromatic heterocycles. The molecule has 0 spiro atoms. The van der Waals surface area contributed by atoms with Crippen molar-refractivity contribution in [2.45, 2.75) is 18.9 Å². The number of amides is 1. The van der Waals surface area contributed by atoms with Crippen LogP contribution in [0.4, 0.5) is 0 Å². The molecule has 1 rings (SSSR count). The number of hydrogen-bond acceptors (Lipinski definition) is 3. The zero-order valence-corrected chi connectivity index (χ0v) is 9.34. The van der Waals surface area contributed by atoms with Gasteiger partial charge in [-0.05, 0) is 12.5 Å². The molecule has 2 N–H and O–H groups in total. The lowest BCUT2D eigenvalue weighted by molar-refractivity contribution is -0.148. The lowest BCUT2D eigenvalue weighted by atomic mass is 10.0. The molecule has 0 fully saturated rings. The Bertz CT molecular complexity index is 429. The second-order valence-corrected chi connectivity index (χ2v) is 3.84. The molecule has 0 heterocycles. The van der Waals surface area contributed by atoms with Crippen molar-refractivity contribution in [2.24, 2.45) is 0 Å². The number of benzene rings is 1. The summed E-state index contributed by atoms with van der Waals surface area (Å²) < 4.78 is 0. The van der Waals surface area contributed by atoms with Crippen LogP contribution >= 0.6 is 0 Å². The molecule has 90 valence electrons. The molecule has 5 nitrogen and oxygen atoms in total. The number of nitrogens with one attached hydrogen (secondary N) is 1. The number of carbonyl (C=O) groups is 3. The fraction of sp³-hybridized carbons (Fsp3) is 0.250. The van der Waals surface area contributed by atoms with Crippen molar-refractivity contribution in [1.29, 1.82) is 0 Å². The molecule has 1 aromatic rings. The standard InChI is InChI=1S/C12H13NO4/c1-12(8-14,11(16)17)13-10(15)7-9-5-3-2-4-6-9/h2-6,8H,7H2,1H3,(H,13,15)(H,16,17). The summed E-state index contributed by atoms with van der Waals surface area (Å²) >= 11 is 0. The molecular weight excluding hydrogens is 222 g/mol. The van der Waals surface area contributed by atoms with E-state index in [-0.39, 0.29) is 12.7 Å². The molecule has 0 aliphatic rings. The molecule has 17 heavy (non-hydrogen) atoms. The maximum Gasteiger partial charge on any atom is 0.336 e. The van der Waals surface area contributed by atoms with Crippen molar-refractivity contribution < 1.29 is 19.5 Å². The minimum Gasteiger partial charge on any atom is -0.479 e. The maximum absolute atomic E-state index is 11.6. The molecule has 5 heteroatoms. The SMILES string of the molecule is CC(C=O)(NC(=O)Cc1ccccc1)C(=O)O. The van der Waals surface area contributed by atoms with Gasteiger partial charge in [0, 0.05) is 0 Å². The van der Waals surface area contributed by atoms with Crippen molar-refractivity contribution in [3.05, 3.63) is 35.9 Å². The number of carboxylic acid groups (broad SMARTS) is 1. The van der Waals surface area contributed by atoms with E-state index in [4.69, 9.17) is 5.11 Å². The average Bonchev–Trinajstić information content (AvgIpc) is 2.29. The zero-order valence-electron chi connectivity index (χ0n) is 9.34. The molecular formula is C12H13NO4. The van der Waals surface area contributed by atoms with Gasteiger partial charge in [-0.3, -0.25) is 4.79 Å². The zero-order chi connectivity index (χ0) is 12.9. The van der Waals surface area contributed by atoms with E-state index >= 15 is 0 Å². The van der Waals surface area contributed by atoms with Gasteiger partial charge in [-0.15, -0.1) is 0 Å². The quantitative estimate of drug-likeness (QED) is 0.571. The lowest BCUT2D eigenvalue weighted by Gasteiger charge is -2.19.